The monoisotopic (exact) mass is 730 g/mol. The molecule has 2 aromatic heterocycles. The number of rotatable bonds is 6. The molecule has 0 spiro atoms. The first-order chi connectivity index (χ1) is 26.1. The van der Waals surface area contributed by atoms with E-state index in [4.69, 9.17) is 9.47 Å². The van der Waals surface area contributed by atoms with Crippen LogP contribution in [0.25, 0.3) is 22.5 Å². The molecule has 4 aromatic rings. The van der Waals surface area contributed by atoms with Gasteiger partial charge in [-0.05, 0) is 74.9 Å². The van der Waals surface area contributed by atoms with Crippen molar-refractivity contribution in [3.63, 3.8) is 0 Å². The van der Waals surface area contributed by atoms with Crippen LogP contribution >= 0.6 is 0 Å². The number of ether oxygens (including phenoxy) is 2. The quantitative estimate of drug-likeness (QED) is 0.266. The Labute approximate surface area is 312 Å². The molecule has 4 aliphatic rings. The van der Waals surface area contributed by atoms with Crippen LogP contribution < -0.4 is 0 Å². The number of benzene rings is 2. The SMILES string of the molecule is C[C@H]1OC(=O)N(C)[C@@H]1C(=O)N1CCC[C@H]1c1ncc(-c2ccc(C#Cc3ccc(-c4cnc([C@@H]5CCCN5C(=O)[C@@H]5[C@@H](C)OC(=O)N5C)[nH]4)cc3)cc2)[nH]1. The Morgan fingerprint density at radius 2 is 1.06 bits per heavy atom. The summed E-state index contributed by atoms with van der Waals surface area (Å²) in [5.74, 6) is 7.69. The number of aromatic amines is 2. The summed E-state index contributed by atoms with van der Waals surface area (Å²) >= 11 is 0. The number of cyclic esters (lactones) is 2. The highest BCUT2D eigenvalue weighted by Gasteiger charge is 2.47. The van der Waals surface area contributed by atoms with E-state index in [0.717, 1.165) is 71.0 Å². The summed E-state index contributed by atoms with van der Waals surface area (Å²) in [6.07, 6.45) is 4.90. The number of likely N-dealkylation sites (tertiary alicyclic amines) is 2. The van der Waals surface area contributed by atoms with E-state index in [2.05, 4.69) is 31.8 Å². The number of aromatic nitrogens is 4. The average molecular weight is 731 g/mol. The van der Waals surface area contributed by atoms with Gasteiger partial charge in [0.1, 0.15) is 23.9 Å². The van der Waals surface area contributed by atoms with Crippen molar-refractivity contribution < 1.29 is 28.7 Å². The maximum Gasteiger partial charge on any atom is 0.410 e. The Morgan fingerprint density at radius 1 is 0.667 bits per heavy atom. The van der Waals surface area contributed by atoms with Gasteiger partial charge >= 0.3 is 12.2 Å². The van der Waals surface area contributed by atoms with Gasteiger partial charge in [-0.15, -0.1) is 0 Å². The van der Waals surface area contributed by atoms with E-state index >= 15 is 0 Å². The summed E-state index contributed by atoms with van der Waals surface area (Å²) in [5, 5.41) is 0. The Morgan fingerprint density at radius 3 is 1.41 bits per heavy atom. The highest BCUT2D eigenvalue weighted by Crippen LogP contribution is 2.35. The molecule has 8 rings (SSSR count). The summed E-state index contributed by atoms with van der Waals surface area (Å²) < 4.78 is 10.5. The second-order valence-corrected chi connectivity index (χ2v) is 14.4. The van der Waals surface area contributed by atoms with Crippen molar-refractivity contribution in [2.75, 3.05) is 27.2 Å². The van der Waals surface area contributed by atoms with Gasteiger partial charge in [-0.25, -0.2) is 19.6 Å². The van der Waals surface area contributed by atoms with Gasteiger partial charge in [0.25, 0.3) is 0 Å². The molecule has 4 aliphatic heterocycles. The molecular weight excluding hydrogens is 688 g/mol. The van der Waals surface area contributed by atoms with E-state index in [1.165, 1.54) is 9.80 Å². The van der Waals surface area contributed by atoms with Crippen molar-refractivity contribution in [3.05, 3.63) is 83.7 Å². The van der Waals surface area contributed by atoms with E-state index in [9.17, 15) is 19.2 Å². The fraction of sp³-hybridized carbons (Fsp3) is 0.400. The lowest BCUT2D eigenvalue weighted by molar-refractivity contribution is -0.138. The number of nitrogens with one attached hydrogen (secondary N) is 2. The highest BCUT2D eigenvalue weighted by molar-refractivity contribution is 5.89. The highest BCUT2D eigenvalue weighted by atomic mass is 16.6. The lowest BCUT2D eigenvalue weighted by atomic mass is 10.1. The largest absolute Gasteiger partial charge is 0.444 e. The van der Waals surface area contributed by atoms with Crippen molar-refractivity contribution >= 4 is 24.0 Å². The molecule has 14 heteroatoms. The van der Waals surface area contributed by atoms with Crippen LogP contribution in [0, 0.1) is 11.8 Å². The molecule has 2 N–H and O–H groups in total. The third-order valence-electron chi connectivity index (χ3n) is 11.0. The first-order valence-electron chi connectivity index (χ1n) is 18.4. The van der Waals surface area contributed by atoms with Crippen LogP contribution in [-0.4, -0.2) is 115 Å². The zero-order chi connectivity index (χ0) is 37.7. The number of likely N-dealkylation sites (N-methyl/N-ethyl adjacent to an activating group) is 2. The molecule has 0 bridgehead atoms. The Hall–Kier alpha value is -6.10. The molecular formula is C40H42N8O6. The van der Waals surface area contributed by atoms with Gasteiger partial charge in [-0.1, -0.05) is 36.1 Å². The van der Waals surface area contributed by atoms with Gasteiger partial charge in [0.15, 0.2) is 12.1 Å². The maximum absolute atomic E-state index is 13.5. The minimum atomic E-state index is -0.642. The lowest BCUT2D eigenvalue weighted by Crippen LogP contribution is -2.48. The molecule has 0 aliphatic carbocycles. The predicted octanol–water partition coefficient (Wildman–Crippen LogP) is 4.87. The number of carbonyl (C=O) groups is 4. The van der Waals surface area contributed by atoms with Gasteiger partial charge in [0.05, 0.1) is 35.9 Å². The molecule has 0 unspecified atom stereocenters. The zero-order valence-electron chi connectivity index (χ0n) is 30.6. The second-order valence-electron chi connectivity index (χ2n) is 14.4. The standard InChI is InChI=1S/C40H42N8O6/c1-23-33(45(3)39(51)53-23)37(49)47-19-5-7-31(47)35-41-21-29(43-35)27-15-11-25(12-16-27)9-10-26-13-17-28(18-14-26)30-22-42-36(44-30)32-8-6-20-48(32)38(50)34-24(2)54-40(52)46(34)4/h11-18,21-24,31-34H,5-8,19-20H2,1-4H3,(H,41,43)(H,42,44)/t23-,24-,31+,32+,33+,34+/m1/s1. The number of nitrogens with zero attached hydrogens (tertiary/aromatic N) is 6. The van der Waals surface area contributed by atoms with Crippen LogP contribution in [0.5, 0.6) is 0 Å². The van der Waals surface area contributed by atoms with E-state index in [1.807, 2.05) is 58.3 Å². The number of imidazole rings is 2. The topological polar surface area (TPSA) is 157 Å². The zero-order valence-corrected chi connectivity index (χ0v) is 30.6. The number of carbonyl (C=O) groups excluding carboxylic acids is 4. The van der Waals surface area contributed by atoms with Crippen molar-refractivity contribution in [2.24, 2.45) is 0 Å². The van der Waals surface area contributed by atoms with Gasteiger partial charge in [0.2, 0.25) is 11.8 Å². The van der Waals surface area contributed by atoms with Crippen LogP contribution in [-0.2, 0) is 19.1 Å². The van der Waals surface area contributed by atoms with E-state index in [1.54, 1.807) is 40.3 Å². The molecule has 6 heterocycles. The van der Waals surface area contributed by atoms with E-state index in [0.29, 0.717) is 13.1 Å². The number of hydrogen-bond acceptors (Lipinski definition) is 8. The molecule has 14 nitrogen and oxygen atoms in total. The van der Waals surface area contributed by atoms with E-state index < -0.39 is 36.5 Å². The molecule has 0 radical (unpaired) electrons. The number of amides is 4. The minimum absolute atomic E-state index is 0.121. The third kappa shape index (κ3) is 6.33. The van der Waals surface area contributed by atoms with Crippen LogP contribution in [0.1, 0.15) is 74.4 Å². The Kier molecular flexibility index (Phi) is 9.09. The minimum Gasteiger partial charge on any atom is -0.444 e. The molecule has 54 heavy (non-hydrogen) atoms. The Balaban J connectivity index is 0.896. The second kappa shape index (κ2) is 14.0. The van der Waals surface area contributed by atoms with Crippen LogP contribution in [0.2, 0.25) is 0 Å². The van der Waals surface area contributed by atoms with Crippen molar-refractivity contribution in [1.29, 1.82) is 0 Å². The first-order valence-corrected chi connectivity index (χ1v) is 18.4. The van der Waals surface area contributed by atoms with Crippen LogP contribution in [0.3, 0.4) is 0 Å². The van der Waals surface area contributed by atoms with Gasteiger partial charge in [0, 0.05) is 38.3 Å². The molecule has 6 atom stereocenters. The summed E-state index contributed by atoms with van der Waals surface area (Å²) in [5.41, 5.74) is 5.34. The van der Waals surface area contributed by atoms with Gasteiger partial charge < -0.3 is 29.2 Å². The number of H-pyrrole nitrogens is 2. The molecule has 0 saturated carbocycles. The maximum atomic E-state index is 13.5. The molecule has 4 fully saturated rings. The number of hydrogen-bond donors (Lipinski definition) is 2. The molecule has 2 aromatic carbocycles. The summed E-state index contributed by atoms with van der Waals surface area (Å²) in [4.78, 5) is 73.4. The van der Waals surface area contributed by atoms with E-state index in [-0.39, 0.29) is 23.9 Å². The van der Waals surface area contributed by atoms with Crippen LogP contribution in [0.4, 0.5) is 9.59 Å². The van der Waals surface area contributed by atoms with Gasteiger partial charge in [-0.3, -0.25) is 19.4 Å². The molecule has 4 saturated heterocycles. The smallest absolute Gasteiger partial charge is 0.410 e. The summed E-state index contributed by atoms with van der Waals surface area (Å²) in [6, 6.07) is 14.2. The summed E-state index contributed by atoms with van der Waals surface area (Å²) in [7, 11) is 3.20. The van der Waals surface area contributed by atoms with Crippen molar-refractivity contribution in [1.82, 2.24) is 39.5 Å². The molecule has 278 valence electrons. The normalized spacial score (nSPS) is 25.2. The predicted molar refractivity (Wildman–Crippen MR) is 196 cm³/mol. The lowest BCUT2D eigenvalue weighted by Gasteiger charge is -2.28. The third-order valence-corrected chi connectivity index (χ3v) is 11.0. The fourth-order valence-electron chi connectivity index (χ4n) is 8.09. The summed E-state index contributed by atoms with van der Waals surface area (Å²) in [6.45, 7) is 4.71. The molecule has 4 amide bonds. The first kappa shape index (κ1) is 35.0. The van der Waals surface area contributed by atoms with Crippen molar-refractivity contribution in [3.8, 4) is 34.4 Å². The Bertz CT molecular complexity index is 2000. The fourth-order valence-corrected chi connectivity index (χ4v) is 8.09. The van der Waals surface area contributed by atoms with Crippen LogP contribution in [0.15, 0.2) is 60.9 Å². The van der Waals surface area contributed by atoms with Gasteiger partial charge in [-0.2, -0.15) is 0 Å². The van der Waals surface area contributed by atoms with Crippen molar-refractivity contribution in [2.45, 2.75) is 75.9 Å². The average Bonchev–Trinajstić information content (AvgIpc) is 4.02.